The zero-order valence-corrected chi connectivity index (χ0v) is 18.3. The lowest BCUT2D eigenvalue weighted by molar-refractivity contribution is -0.127. The average Bonchev–Trinajstić information content (AvgIpc) is 3.07. The summed E-state index contributed by atoms with van der Waals surface area (Å²) in [5.74, 6) is -0.921. The van der Waals surface area contributed by atoms with Crippen LogP contribution in [0.4, 0.5) is 16.2 Å². The maximum Gasteiger partial charge on any atom is 0.329 e. The van der Waals surface area contributed by atoms with Gasteiger partial charge in [-0.1, -0.05) is 37.3 Å². The molecule has 4 rings (SSSR count). The second kappa shape index (κ2) is 9.68. The first kappa shape index (κ1) is 21.6. The van der Waals surface area contributed by atoms with Crippen molar-refractivity contribution in [3.05, 3.63) is 65.4 Å². The minimum Gasteiger partial charge on any atom is -0.372 e. The summed E-state index contributed by atoms with van der Waals surface area (Å²) in [6.07, 6.45) is 6.11. The minimum absolute atomic E-state index is 0.169. The molecule has 2 aliphatic rings. The molecule has 2 fully saturated rings. The van der Waals surface area contributed by atoms with E-state index in [1.54, 1.807) is 6.08 Å². The number of benzene rings is 2. The highest BCUT2D eigenvalue weighted by Crippen LogP contribution is 2.22. The Morgan fingerprint density at radius 3 is 2.47 bits per heavy atom. The molecular formula is C25H28N4O3. The number of urea groups is 1. The molecule has 2 aromatic rings. The fourth-order valence-corrected chi connectivity index (χ4v) is 4.10. The Hall–Kier alpha value is -3.61. The summed E-state index contributed by atoms with van der Waals surface area (Å²) < 4.78 is 0. The highest BCUT2D eigenvalue weighted by Gasteiger charge is 2.35. The molecular weight excluding hydrogens is 404 g/mol. The number of piperidine rings is 1. The maximum atomic E-state index is 12.7. The van der Waals surface area contributed by atoms with Crippen LogP contribution < -0.4 is 15.5 Å². The molecule has 0 bridgehead atoms. The number of hydrogen-bond acceptors (Lipinski definition) is 4. The van der Waals surface area contributed by atoms with Crippen LogP contribution in [0.3, 0.4) is 0 Å². The van der Waals surface area contributed by atoms with Crippen molar-refractivity contribution in [3.63, 3.8) is 0 Å². The van der Waals surface area contributed by atoms with Gasteiger partial charge in [0.1, 0.15) is 12.2 Å². The van der Waals surface area contributed by atoms with Crippen molar-refractivity contribution in [3.8, 4) is 0 Å². The third-order valence-corrected chi connectivity index (χ3v) is 5.86. The lowest BCUT2D eigenvalue weighted by Gasteiger charge is -2.28. The lowest BCUT2D eigenvalue weighted by atomic mass is 10.1. The summed E-state index contributed by atoms with van der Waals surface area (Å²) in [6.45, 7) is 3.79. The van der Waals surface area contributed by atoms with Crippen LogP contribution in [0, 0.1) is 0 Å². The van der Waals surface area contributed by atoms with E-state index in [4.69, 9.17) is 0 Å². The van der Waals surface area contributed by atoms with Crippen molar-refractivity contribution in [1.82, 2.24) is 10.2 Å². The van der Waals surface area contributed by atoms with Gasteiger partial charge in [0.25, 0.3) is 5.91 Å². The van der Waals surface area contributed by atoms with E-state index in [1.807, 2.05) is 55.5 Å². The van der Waals surface area contributed by atoms with Gasteiger partial charge in [-0.05, 0) is 61.1 Å². The summed E-state index contributed by atoms with van der Waals surface area (Å²) >= 11 is 0. The molecule has 0 aliphatic carbocycles. The summed E-state index contributed by atoms with van der Waals surface area (Å²) in [6, 6.07) is 14.8. The fourth-order valence-electron chi connectivity index (χ4n) is 4.10. The number of carbonyl (C=O) groups excluding carboxylic acids is 3. The molecule has 0 saturated carbocycles. The van der Waals surface area contributed by atoms with Crippen molar-refractivity contribution < 1.29 is 14.4 Å². The first-order valence-corrected chi connectivity index (χ1v) is 11.1. The van der Waals surface area contributed by atoms with Gasteiger partial charge < -0.3 is 15.5 Å². The van der Waals surface area contributed by atoms with Crippen molar-refractivity contribution in [2.45, 2.75) is 32.6 Å². The van der Waals surface area contributed by atoms with E-state index in [0.717, 1.165) is 35.5 Å². The maximum absolute atomic E-state index is 12.7. The predicted molar refractivity (Wildman–Crippen MR) is 125 cm³/mol. The number of hydrogen-bond donors (Lipinski definition) is 2. The standard InChI is InChI=1S/C25H28N4O3/c1-2-19-8-4-5-9-21(19)26-23(30)17-29-24(31)22(27-25(29)32)16-18-10-12-20(13-11-18)28-14-6-3-7-15-28/h4-5,8-13,16H,2-3,6-7,14-15,17H2,1H3,(H,26,30)(H,27,32)/b22-16+. The number of aryl methyl sites for hydroxylation is 1. The lowest BCUT2D eigenvalue weighted by Crippen LogP contribution is -2.38. The van der Waals surface area contributed by atoms with Gasteiger partial charge in [0, 0.05) is 24.5 Å². The molecule has 2 heterocycles. The molecule has 2 saturated heterocycles. The van der Waals surface area contributed by atoms with Gasteiger partial charge in [0.15, 0.2) is 0 Å². The number of nitrogens with zero attached hydrogens (tertiary/aromatic N) is 2. The topological polar surface area (TPSA) is 81.8 Å². The molecule has 0 spiro atoms. The van der Waals surface area contributed by atoms with Crippen LogP contribution in [0.25, 0.3) is 6.08 Å². The van der Waals surface area contributed by atoms with Gasteiger partial charge in [-0.2, -0.15) is 0 Å². The number of amides is 4. The van der Waals surface area contributed by atoms with Gasteiger partial charge >= 0.3 is 6.03 Å². The van der Waals surface area contributed by atoms with Crippen LogP contribution in [0.15, 0.2) is 54.2 Å². The molecule has 0 atom stereocenters. The Labute approximate surface area is 188 Å². The van der Waals surface area contributed by atoms with Crippen LogP contribution in [0.1, 0.15) is 37.3 Å². The molecule has 0 radical (unpaired) electrons. The molecule has 7 nitrogen and oxygen atoms in total. The predicted octanol–water partition coefficient (Wildman–Crippen LogP) is 3.77. The first-order valence-electron chi connectivity index (χ1n) is 11.1. The average molecular weight is 433 g/mol. The van der Waals surface area contributed by atoms with Crippen LogP contribution in [0.2, 0.25) is 0 Å². The van der Waals surface area contributed by atoms with Gasteiger partial charge in [0.2, 0.25) is 5.91 Å². The zero-order chi connectivity index (χ0) is 22.5. The van der Waals surface area contributed by atoms with Crippen molar-refractivity contribution >= 4 is 35.3 Å². The third-order valence-electron chi connectivity index (χ3n) is 5.86. The fraction of sp³-hybridized carbons (Fsp3) is 0.320. The monoisotopic (exact) mass is 432 g/mol. The Morgan fingerprint density at radius 1 is 1.03 bits per heavy atom. The van der Waals surface area contributed by atoms with E-state index in [-0.39, 0.29) is 12.2 Å². The number of imide groups is 1. The van der Waals surface area contributed by atoms with E-state index in [1.165, 1.54) is 24.9 Å². The smallest absolute Gasteiger partial charge is 0.329 e. The first-order chi connectivity index (χ1) is 15.5. The normalized spacial score (nSPS) is 17.6. The largest absolute Gasteiger partial charge is 0.372 e. The van der Waals surface area contributed by atoms with Crippen LogP contribution in [-0.4, -0.2) is 42.4 Å². The Bertz CT molecular complexity index is 1040. The molecule has 0 unspecified atom stereocenters. The number of rotatable bonds is 6. The van der Waals surface area contributed by atoms with Gasteiger partial charge in [-0.25, -0.2) is 9.69 Å². The number of carbonyl (C=O) groups is 3. The van der Waals surface area contributed by atoms with Crippen LogP contribution in [0.5, 0.6) is 0 Å². The van der Waals surface area contributed by atoms with Crippen molar-refractivity contribution in [1.29, 1.82) is 0 Å². The van der Waals surface area contributed by atoms with E-state index in [0.29, 0.717) is 5.69 Å². The Morgan fingerprint density at radius 2 is 1.75 bits per heavy atom. The van der Waals surface area contributed by atoms with Gasteiger partial charge in [-0.15, -0.1) is 0 Å². The van der Waals surface area contributed by atoms with Gasteiger partial charge in [0.05, 0.1) is 0 Å². The summed E-state index contributed by atoms with van der Waals surface area (Å²) in [5, 5.41) is 5.37. The summed E-state index contributed by atoms with van der Waals surface area (Å²) in [4.78, 5) is 40.8. The van der Waals surface area contributed by atoms with E-state index in [2.05, 4.69) is 15.5 Å². The second-order valence-electron chi connectivity index (χ2n) is 8.08. The molecule has 2 aromatic carbocycles. The molecule has 166 valence electrons. The third kappa shape index (κ3) is 4.82. The van der Waals surface area contributed by atoms with Crippen LogP contribution >= 0.6 is 0 Å². The van der Waals surface area contributed by atoms with Crippen molar-refractivity contribution in [2.24, 2.45) is 0 Å². The minimum atomic E-state index is -0.592. The molecule has 2 N–H and O–H groups in total. The molecule has 32 heavy (non-hydrogen) atoms. The van der Waals surface area contributed by atoms with E-state index >= 15 is 0 Å². The van der Waals surface area contributed by atoms with Crippen molar-refractivity contribution in [2.75, 3.05) is 29.9 Å². The highest BCUT2D eigenvalue weighted by atomic mass is 16.2. The number of para-hydroxylation sites is 1. The van der Waals surface area contributed by atoms with Crippen LogP contribution in [-0.2, 0) is 16.0 Å². The summed E-state index contributed by atoms with van der Waals surface area (Å²) in [7, 11) is 0. The molecule has 7 heteroatoms. The Balaban J connectivity index is 1.40. The molecule has 4 amide bonds. The zero-order valence-electron chi connectivity index (χ0n) is 18.3. The Kier molecular flexibility index (Phi) is 6.54. The molecule has 0 aromatic heterocycles. The molecule has 2 aliphatic heterocycles. The number of nitrogens with one attached hydrogen (secondary N) is 2. The SMILES string of the molecule is CCc1ccccc1NC(=O)CN1C(=O)N/C(=C/c2ccc(N3CCCCC3)cc2)C1=O. The highest BCUT2D eigenvalue weighted by molar-refractivity contribution is 6.16. The second-order valence-corrected chi connectivity index (χ2v) is 8.08. The summed E-state index contributed by atoms with van der Waals surface area (Å²) in [5.41, 5.74) is 3.84. The number of anilines is 2. The quantitative estimate of drug-likeness (QED) is 0.538. The van der Waals surface area contributed by atoms with E-state index < -0.39 is 17.8 Å². The van der Waals surface area contributed by atoms with Gasteiger partial charge in [-0.3, -0.25) is 9.59 Å². The van der Waals surface area contributed by atoms with E-state index in [9.17, 15) is 14.4 Å².